The van der Waals surface area contributed by atoms with Gasteiger partial charge in [-0.1, -0.05) is 6.07 Å². The normalized spacial score (nSPS) is 15.8. The topological polar surface area (TPSA) is 53.7 Å². The molecule has 0 unspecified atom stereocenters. The third-order valence-corrected chi connectivity index (χ3v) is 5.35. The van der Waals surface area contributed by atoms with Gasteiger partial charge in [-0.2, -0.15) is 0 Å². The smallest absolute Gasteiger partial charge is 0.228 e. The second kappa shape index (κ2) is 6.93. The lowest BCUT2D eigenvalue weighted by Gasteiger charge is -2.34. The third kappa shape index (κ3) is 3.72. The summed E-state index contributed by atoms with van der Waals surface area (Å²) in [5.74, 6) is 0.178. The zero-order valence-electron chi connectivity index (χ0n) is 14.3. The first kappa shape index (κ1) is 16.2. The average molecular weight is 355 g/mol. The van der Waals surface area contributed by atoms with Crippen molar-refractivity contribution in [2.24, 2.45) is 0 Å². The van der Waals surface area contributed by atoms with Gasteiger partial charge in [0.1, 0.15) is 5.65 Å². The number of hydrogen-bond acceptors (Lipinski definition) is 5. The standard InChI is InChI=1S/C18H21N5OS/c1-14-19-15(13-25-14)10-18(24)22-8-6-21(7-9-22)11-16-12-23-5-3-2-4-17(23)20-16/h2-5,12-13H,6-11H2,1H3. The summed E-state index contributed by atoms with van der Waals surface area (Å²) in [4.78, 5) is 25.8. The van der Waals surface area contributed by atoms with Crippen LogP contribution in [0.2, 0.25) is 0 Å². The highest BCUT2D eigenvalue weighted by Gasteiger charge is 2.22. The van der Waals surface area contributed by atoms with Crippen LogP contribution in [0.25, 0.3) is 5.65 Å². The largest absolute Gasteiger partial charge is 0.340 e. The van der Waals surface area contributed by atoms with Crippen LogP contribution in [-0.2, 0) is 17.8 Å². The molecule has 0 radical (unpaired) electrons. The Bertz CT molecular complexity index is 845. The minimum atomic E-state index is 0.178. The molecule has 3 aromatic heterocycles. The number of aryl methyl sites for hydroxylation is 1. The van der Waals surface area contributed by atoms with Crippen LogP contribution in [0.1, 0.15) is 16.4 Å². The first-order valence-electron chi connectivity index (χ1n) is 8.51. The van der Waals surface area contributed by atoms with Crippen molar-refractivity contribution in [3.8, 4) is 0 Å². The molecular formula is C18H21N5OS. The van der Waals surface area contributed by atoms with Crippen molar-refractivity contribution in [1.82, 2.24) is 24.2 Å². The Balaban J connectivity index is 1.31. The zero-order valence-corrected chi connectivity index (χ0v) is 15.1. The van der Waals surface area contributed by atoms with Crippen LogP contribution in [0, 0.1) is 6.92 Å². The maximum Gasteiger partial charge on any atom is 0.228 e. The maximum absolute atomic E-state index is 12.4. The lowest BCUT2D eigenvalue weighted by molar-refractivity contribution is -0.132. The number of fused-ring (bicyclic) bond motifs is 1. The number of nitrogens with zero attached hydrogens (tertiary/aromatic N) is 5. The Hall–Kier alpha value is -2.25. The summed E-state index contributed by atoms with van der Waals surface area (Å²) < 4.78 is 2.05. The lowest BCUT2D eigenvalue weighted by atomic mass is 10.2. The molecular weight excluding hydrogens is 334 g/mol. The quantitative estimate of drug-likeness (QED) is 0.718. The van der Waals surface area contributed by atoms with Crippen LogP contribution in [0.15, 0.2) is 36.0 Å². The third-order valence-electron chi connectivity index (χ3n) is 4.52. The van der Waals surface area contributed by atoms with Gasteiger partial charge in [0.05, 0.1) is 22.8 Å². The van der Waals surface area contributed by atoms with Gasteiger partial charge in [-0.3, -0.25) is 9.69 Å². The van der Waals surface area contributed by atoms with E-state index < -0.39 is 0 Å². The van der Waals surface area contributed by atoms with Crippen molar-refractivity contribution in [3.63, 3.8) is 0 Å². The fourth-order valence-electron chi connectivity index (χ4n) is 3.20. The molecule has 1 aliphatic heterocycles. The predicted octanol–water partition coefficient (Wildman–Crippen LogP) is 1.99. The number of imidazole rings is 1. The van der Waals surface area contributed by atoms with E-state index in [-0.39, 0.29) is 5.91 Å². The zero-order chi connectivity index (χ0) is 17.2. The molecule has 25 heavy (non-hydrogen) atoms. The van der Waals surface area contributed by atoms with E-state index >= 15 is 0 Å². The Labute approximate surface area is 150 Å². The van der Waals surface area contributed by atoms with Crippen molar-refractivity contribution in [2.75, 3.05) is 26.2 Å². The van der Waals surface area contributed by atoms with Gasteiger partial charge < -0.3 is 9.30 Å². The van der Waals surface area contributed by atoms with Crippen molar-refractivity contribution >= 4 is 22.9 Å². The van der Waals surface area contributed by atoms with Crippen molar-refractivity contribution < 1.29 is 4.79 Å². The summed E-state index contributed by atoms with van der Waals surface area (Å²) in [7, 11) is 0. The predicted molar refractivity (Wildman–Crippen MR) is 97.6 cm³/mol. The lowest BCUT2D eigenvalue weighted by Crippen LogP contribution is -2.48. The first-order chi connectivity index (χ1) is 12.2. The number of hydrogen-bond donors (Lipinski definition) is 0. The van der Waals surface area contributed by atoms with Gasteiger partial charge in [-0.25, -0.2) is 9.97 Å². The van der Waals surface area contributed by atoms with E-state index in [1.165, 1.54) is 0 Å². The molecule has 0 bridgehead atoms. The molecule has 4 heterocycles. The van der Waals surface area contributed by atoms with Crippen LogP contribution in [0.5, 0.6) is 0 Å². The Kier molecular flexibility index (Phi) is 4.50. The minimum Gasteiger partial charge on any atom is -0.340 e. The van der Waals surface area contributed by atoms with Crippen LogP contribution >= 0.6 is 11.3 Å². The van der Waals surface area contributed by atoms with Crippen LogP contribution in [0.3, 0.4) is 0 Å². The Morgan fingerprint density at radius 3 is 2.72 bits per heavy atom. The molecule has 0 atom stereocenters. The van der Waals surface area contributed by atoms with E-state index in [2.05, 4.69) is 21.1 Å². The number of amides is 1. The molecule has 3 aromatic rings. The van der Waals surface area contributed by atoms with Gasteiger partial charge in [0.25, 0.3) is 0 Å². The van der Waals surface area contributed by atoms with E-state index in [4.69, 9.17) is 0 Å². The second-order valence-corrected chi connectivity index (χ2v) is 7.45. The van der Waals surface area contributed by atoms with Gasteiger partial charge >= 0.3 is 0 Å². The van der Waals surface area contributed by atoms with Crippen molar-refractivity contribution in [2.45, 2.75) is 19.9 Å². The Morgan fingerprint density at radius 2 is 2.00 bits per heavy atom. The molecule has 0 saturated carbocycles. The molecule has 1 fully saturated rings. The van der Waals surface area contributed by atoms with Crippen LogP contribution < -0.4 is 0 Å². The second-order valence-electron chi connectivity index (χ2n) is 6.39. The summed E-state index contributed by atoms with van der Waals surface area (Å²) in [6.45, 7) is 6.11. The summed E-state index contributed by atoms with van der Waals surface area (Å²) in [5.41, 5.74) is 2.94. The van der Waals surface area contributed by atoms with Gasteiger partial charge in [0.15, 0.2) is 0 Å². The van der Waals surface area contributed by atoms with Gasteiger partial charge in [0.2, 0.25) is 5.91 Å². The molecule has 0 spiro atoms. The molecule has 1 aliphatic rings. The highest BCUT2D eigenvalue weighted by molar-refractivity contribution is 7.09. The highest BCUT2D eigenvalue weighted by Crippen LogP contribution is 2.13. The number of pyridine rings is 1. The summed E-state index contributed by atoms with van der Waals surface area (Å²) >= 11 is 1.60. The number of thiazole rings is 1. The minimum absolute atomic E-state index is 0.178. The number of piperazine rings is 1. The summed E-state index contributed by atoms with van der Waals surface area (Å²) in [5, 5.41) is 2.99. The van der Waals surface area contributed by atoms with Gasteiger partial charge in [-0.15, -0.1) is 11.3 Å². The molecule has 4 rings (SSSR count). The van der Waals surface area contributed by atoms with E-state index in [9.17, 15) is 4.79 Å². The van der Waals surface area contributed by atoms with E-state index in [0.29, 0.717) is 6.42 Å². The first-order valence-corrected chi connectivity index (χ1v) is 9.39. The van der Waals surface area contributed by atoms with E-state index in [1.54, 1.807) is 11.3 Å². The molecule has 0 N–H and O–H groups in total. The van der Waals surface area contributed by atoms with Gasteiger partial charge in [-0.05, 0) is 19.1 Å². The van der Waals surface area contributed by atoms with E-state index in [1.807, 2.05) is 46.0 Å². The van der Waals surface area contributed by atoms with Crippen molar-refractivity contribution in [3.05, 3.63) is 52.4 Å². The number of carbonyl (C=O) groups is 1. The molecule has 1 amide bonds. The molecule has 1 saturated heterocycles. The summed E-state index contributed by atoms with van der Waals surface area (Å²) in [6.07, 6.45) is 4.51. The fourth-order valence-corrected chi connectivity index (χ4v) is 3.82. The SMILES string of the molecule is Cc1nc(CC(=O)N2CCN(Cc3cn4ccccc4n3)CC2)cs1. The van der Waals surface area contributed by atoms with Crippen molar-refractivity contribution in [1.29, 1.82) is 0 Å². The summed E-state index contributed by atoms with van der Waals surface area (Å²) in [6, 6.07) is 6.02. The molecule has 6 nitrogen and oxygen atoms in total. The molecule has 130 valence electrons. The van der Waals surface area contributed by atoms with Crippen LogP contribution in [-0.4, -0.2) is 56.3 Å². The average Bonchev–Trinajstić information content (AvgIpc) is 3.20. The number of carbonyl (C=O) groups excluding carboxylic acids is 1. The Morgan fingerprint density at radius 1 is 1.16 bits per heavy atom. The molecule has 0 aromatic carbocycles. The molecule has 7 heteroatoms. The van der Waals surface area contributed by atoms with Gasteiger partial charge in [0, 0.05) is 50.5 Å². The fraction of sp³-hybridized carbons (Fsp3) is 0.389. The maximum atomic E-state index is 12.4. The molecule has 0 aliphatic carbocycles. The van der Waals surface area contributed by atoms with Crippen LogP contribution in [0.4, 0.5) is 0 Å². The van der Waals surface area contributed by atoms with E-state index in [0.717, 1.165) is 54.8 Å². The number of aromatic nitrogens is 3. The highest BCUT2D eigenvalue weighted by atomic mass is 32.1. The monoisotopic (exact) mass is 355 g/mol. The number of rotatable bonds is 4.